The van der Waals surface area contributed by atoms with E-state index in [1.165, 1.54) is 0 Å². The molecule has 2 nitrogen and oxygen atoms in total. The molecule has 0 spiro atoms. The zero-order valence-corrected chi connectivity index (χ0v) is 10.1. The Morgan fingerprint density at radius 2 is 2.36 bits per heavy atom. The normalized spacial score (nSPS) is 12.5. The first-order valence-electron chi connectivity index (χ1n) is 4.56. The van der Waals surface area contributed by atoms with Crippen LogP contribution in [0.3, 0.4) is 0 Å². The molecule has 1 atom stereocenters. The van der Waals surface area contributed by atoms with E-state index in [1.54, 1.807) is 0 Å². The van der Waals surface area contributed by atoms with Crippen LogP contribution in [-0.4, -0.2) is 12.0 Å². The van der Waals surface area contributed by atoms with Crippen molar-refractivity contribution in [1.29, 1.82) is 0 Å². The molecule has 0 bridgehead atoms. The highest BCUT2D eigenvalue weighted by atomic mass is 79.9. The molecule has 76 valence electrons. The molecule has 1 rings (SSSR count). The van der Waals surface area contributed by atoms with Crippen molar-refractivity contribution in [2.45, 2.75) is 19.4 Å². The van der Waals surface area contributed by atoms with Crippen LogP contribution < -0.4 is 5.32 Å². The second kappa shape index (κ2) is 5.27. The first-order valence-corrected chi connectivity index (χ1v) is 5.36. The van der Waals surface area contributed by atoms with E-state index >= 15 is 0 Å². The van der Waals surface area contributed by atoms with Gasteiger partial charge in [-0.25, -0.2) is 0 Å². The summed E-state index contributed by atoms with van der Waals surface area (Å²) in [7, 11) is 1.94. The third-order valence-electron chi connectivity index (χ3n) is 2.01. The maximum Gasteiger partial charge on any atom is 0.0577 e. The highest BCUT2D eigenvalue weighted by Gasteiger charge is 2.09. The molecule has 14 heavy (non-hydrogen) atoms. The summed E-state index contributed by atoms with van der Waals surface area (Å²) in [6.07, 6.45) is 2.74. The highest BCUT2D eigenvalue weighted by Crippen LogP contribution is 2.19. The van der Waals surface area contributed by atoms with Gasteiger partial charge < -0.3 is 5.32 Å². The van der Waals surface area contributed by atoms with Crippen LogP contribution >= 0.6 is 15.9 Å². The van der Waals surface area contributed by atoms with Gasteiger partial charge in [0.2, 0.25) is 0 Å². The summed E-state index contributed by atoms with van der Waals surface area (Å²) < 4.78 is 1.01. The van der Waals surface area contributed by atoms with Crippen LogP contribution in [0, 0.1) is 0 Å². The van der Waals surface area contributed by atoms with Crippen molar-refractivity contribution in [3.8, 4) is 0 Å². The van der Waals surface area contributed by atoms with E-state index in [9.17, 15) is 0 Å². The van der Waals surface area contributed by atoms with E-state index in [0.717, 1.165) is 22.2 Å². The second-order valence-electron chi connectivity index (χ2n) is 3.40. The Balaban J connectivity index is 2.78. The molecule has 0 aliphatic carbocycles. The van der Waals surface area contributed by atoms with Gasteiger partial charge in [0.15, 0.2) is 0 Å². The van der Waals surface area contributed by atoms with Crippen LogP contribution in [0.15, 0.2) is 35.0 Å². The van der Waals surface area contributed by atoms with Crippen molar-refractivity contribution in [2.75, 3.05) is 7.05 Å². The van der Waals surface area contributed by atoms with E-state index in [2.05, 4.69) is 32.8 Å². The summed E-state index contributed by atoms with van der Waals surface area (Å²) in [5, 5.41) is 3.23. The summed E-state index contributed by atoms with van der Waals surface area (Å²) in [6.45, 7) is 5.94. The molecule has 1 aromatic heterocycles. The van der Waals surface area contributed by atoms with Gasteiger partial charge in [-0.2, -0.15) is 0 Å². The minimum Gasteiger partial charge on any atom is -0.311 e. The fourth-order valence-electron chi connectivity index (χ4n) is 1.30. The third kappa shape index (κ3) is 3.24. The first-order chi connectivity index (χ1) is 6.63. The molecule has 0 saturated heterocycles. The van der Waals surface area contributed by atoms with Crippen molar-refractivity contribution < 1.29 is 0 Å². The molecule has 1 heterocycles. The fraction of sp³-hybridized carbons (Fsp3) is 0.364. The standard InChI is InChI=1S/C11H15BrN2/c1-8(2)6-11(13-3)10-5-4-9(12)7-14-10/h4-5,7,11,13H,1,6H2,2-3H3. The van der Waals surface area contributed by atoms with Crippen LogP contribution in [0.25, 0.3) is 0 Å². The zero-order valence-electron chi connectivity index (χ0n) is 8.55. The summed E-state index contributed by atoms with van der Waals surface area (Å²) in [4.78, 5) is 4.35. The molecule has 0 aliphatic heterocycles. The van der Waals surface area contributed by atoms with Crippen LogP contribution in [-0.2, 0) is 0 Å². The van der Waals surface area contributed by atoms with Gasteiger partial charge in [-0.05, 0) is 48.5 Å². The molecule has 0 radical (unpaired) electrons. The van der Waals surface area contributed by atoms with Gasteiger partial charge in [-0.3, -0.25) is 4.98 Å². The monoisotopic (exact) mass is 254 g/mol. The lowest BCUT2D eigenvalue weighted by Crippen LogP contribution is -2.17. The third-order valence-corrected chi connectivity index (χ3v) is 2.48. The Hall–Kier alpha value is -0.670. The minimum atomic E-state index is 0.264. The molecule has 1 unspecified atom stereocenters. The van der Waals surface area contributed by atoms with Crippen LogP contribution in [0.2, 0.25) is 0 Å². The van der Waals surface area contributed by atoms with Crippen LogP contribution in [0.5, 0.6) is 0 Å². The summed E-state index contributed by atoms with van der Waals surface area (Å²) in [5.41, 5.74) is 2.22. The summed E-state index contributed by atoms with van der Waals surface area (Å²) in [5.74, 6) is 0. The summed E-state index contributed by atoms with van der Waals surface area (Å²) >= 11 is 3.37. The molecule has 0 aliphatic rings. The second-order valence-corrected chi connectivity index (χ2v) is 4.32. The molecule has 0 amide bonds. The Morgan fingerprint density at radius 3 is 2.79 bits per heavy atom. The average Bonchev–Trinajstić information content (AvgIpc) is 2.15. The number of hydrogen-bond acceptors (Lipinski definition) is 2. The molecular formula is C11H15BrN2. The quantitative estimate of drug-likeness (QED) is 0.836. The van der Waals surface area contributed by atoms with E-state index in [-0.39, 0.29) is 6.04 Å². The number of nitrogens with one attached hydrogen (secondary N) is 1. The average molecular weight is 255 g/mol. The lowest BCUT2D eigenvalue weighted by molar-refractivity contribution is 0.574. The Labute approximate surface area is 93.6 Å². The lowest BCUT2D eigenvalue weighted by atomic mass is 10.1. The van der Waals surface area contributed by atoms with E-state index in [4.69, 9.17) is 0 Å². The number of rotatable bonds is 4. The SMILES string of the molecule is C=C(C)CC(NC)c1ccc(Br)cn1. The van der Waals surface area contributed by atoms with Gasteiger partial charge in [0.05, 0.1) is 11.7 Å². The first kappa shape index (κ1) is 11.4. The van der Waals surface area contributed by atoms with Gasteiger partial charge in [0.1, 0.15) is 0 Å². The number of pyridine rings is 1. The van der Waals surface area contributed by atoms with Crippen LogP contribution in [0.4, 0.5) is 0 Å². The number of nitrogens with zero attached hydrogens (tertiary/aromatic N) is 1. The van der Waals surface area contributed by atoms with Crippen LogP contribution in [0.1, 0.15) is 25.1 Å². The van der Waals surface area contributed by atoms with Crippen molar-refractivity contribution >= 4 is 15.9 Å². The molecule has 0 saturated carbocycles. The Bertz CT molecular complexity index is 306. The molecule has 0 fully saturated rings. The lowest BCUT2D eigenvalue weighted by Gasteiger charge is -2.15. The number of aromatic nitrogens is 1. The topological polar surface area (TPSA) is 24.9 Å². The molecular weight excluding hydrogens is 240 g/mol. The van der Waals surface area contributed by atoms with Crippen molar-refractivity contribution in [3.63, 3.8) is 0 Å². The fourth-order valence-corrected chi connectivity index (χ4v) is 1.53. The van der Waals surface area contributed by atoms with Gasteiger partial charge >= 0.3 is 0 Å². The molecule has 0 aromatic carbocycles. The predicted molar refractivity (Wildman–Crippen MR) is 63.2 cm³/mol. The van der Waals surface area contributed by atoms with Gasteiger partial charge in [-0.1, -0.05) is 5.57 Å². The zero-order chi connectivity index (χ0) is 10.6. The predicted octanol–water partition coefficient (Wildman–Crippen LogP) is 3.07. The van der Waals surface area contributed by atoms with E-state index < -0.39 is 0 Å². The molecule has 3 heteroatoms. The van der Waals surface area contributed by atoms with Gasteiger partial charge in [-0.15, -0.1) is 6.58 Å². The van der Waals surface area contributed by atoms with Crippen molar-refractivity contribution in [1.82, 2.24) is 10.3 Å². The number of hydrogen-bond donors (Lipinski definition) is 1. The minimum absolute atomic E-state index is 0.264. The van der Waals surface area contributed by atoms with Gasteiger partial charge in [0, 0.05) is 10.7 Å². The summed E-state index contributed by atoms with van der Waals surface area (Å²) in [6, 6.07) is 4.29. The largest absolute Gasteiger partial charge is 0.311 e. The maximum atomic E-state index is 4.35. The molecule has 1 aromatic rings. The molecule has 1 N–H and O–H groups in total. The van der Waals surface area contributed by atoms with Gasteiger partial charge in [0.25, 0.3) is 0 Å². The highest BCUT2D eigenvalue weighted by molar-refractivity contribution is 9.10. The van der Waals surface area contributed by atoms with E-state index in [0.29, 0.717) is 0 Å². The van der Waals surface area contributed by atoms with Crippen molar-refractivity contribution in [2.24, 2.45) is 0 Å². The maximum absolute atomic E-state index is 4.35. The van der Waals surface area contributed by atoms with Crippen molar-refractivity contribution in [3.05, 3.63) is 40.6 Å². The number of halogens is 1. The Kier molecular flexibility index (Phi) is 4.29. The Morgan fingerprint density at radius 1 is 1.64 bits per heavy atom. The smallest absolute Gasteiger partial charge is 0.0577 e. The van der Waals surface area contributed by atoms with E-state index in [1.807, 2.05) is 32.3 Å².